The Morgan fingerprint density at radius 2 is 2.11 bits per heavy atom. The van der Waals surface area contributed by atoms with Crippen molar-refractivity contribution in [3.63, 3.8) is 0 Å². The summed E-state index contributed by atoms with van der Waals surface area (Å²) < 4.78 is 13.5. The quantitative estimate of drug-likeness (QED) is 0.831. The van der Waals surface area contributed by atoms with Crippen LogP contribution in [0.15, 0.2) is 24.3 Å². The van der Waals surface area contributed by atoms with E-state index in [1.54, 1.807) is 18.2 Å². The van der Waals surface area contributed by atoms with E-state index in [4.69, 9.17) is 0 Å². The number of likely N-dealkylation sites (tertiary alicyclic amines) is 1. The third kappa shape index (κ3) is 4.13. The number of nitrogens with zero attached hydrogens (tertiary/aromatic N) is 1. The summed E-state index contributed by atoms with van der Waals surface area (Å²) in [6.07, 6.45) is 5.03. The van der Waals surface area contributed by atoms with E-state index in [9.17, 15) is 9.18 Å². The van der Waals surface area contributed by atoms with Gasteiger partial charge >= 0.3 is 0 Å². The summed E-state index contributed by atoms with van der Waals surface area (Å²) in [7, 11) is 0. The fraction of sp³-hybridized carbons (Fsp3) is 0.562. The molecule has 1 aromatic carbocycles. The summed E-state index contributed by atoms with van der Waals surface area (Å²) in [5, 5.41) is 0. The van der Waals surface area contributed by atoms with Crippen LogP contribution in [0.3, 0.4) is 0 Å². The lowest BCUT2D eigenvalue weighted by Crippen LogP contribution is -2.37. The van der Waals surface area contributed by atoms with Crippen molar-refractivity contribution in [3.8, 4) is 0 Å². The van der Waals surface area contributed by atoms with Crippen LogP contribution in [0.25, 0.3) is 0 Å². The molecule has 0 aliphatic carbocycles. The molecule has 1 aliphatic rings. The molecule has 2 nitrogen and oxygen atoms in total. The first-order chi connectivity index (χ1) is 9.16. The summed E-state index contributed by atoms with van der Waals surface area (Å²) in [5.41, 5.74) is 0.509. The number of hydrogen-bond acceptors (Lipinski definition) is 2. The second kappa shape index (κ2) is 6.80. The van der Waals surface area contributed by atoms with Crippen molar-refractivity contribution in [1.82, 2.24) is 4.90 Å². The third-order valence-corrected chi connectivity index (χ3v) is 3.92. The minimum absolute atomic E-state index is 0.110. The highest BCUT2D eigenvalue weighted by Crippen LogP contribution is 2.16. The van der Waals surface area contributed by atoms with Gasteiger partial charge in [0, 0.05) is 12.5 Å². The molecular weight excluding hydrogens is 241 g/mol. The first-order valence-corrected chi connectivity index (χ1v) is 7.16. The second-order valence-corrected chi connectivity index (χ2v) is 5.48. The molecular formula is C16H22FNO. The average Bonchev–Trinajstić information content (AvgIpc) is 2.58. The number of carbonyl (C=O) groups is 1. The summed E-state index contributed by atoms with van der Waals surface area (Å²) in [5.74, 6) is -0.168. The van der Waals surface area contributed by atoms with Gasteiger partial charge < -0.3 is 0 Å². The molecule has 0 bridgehead atoms. The highest BCUT2D eigenvalue weighted by atomic mass is 19.1. The topological polar surface area (TPSA) is 20.3 Å². The smallest absolute Gasteiger partial charge is 0.151 e. The number of Topliss-reactive ketones (excluding diaryl/α,β-unsaturated/α-hetero) is 1. The zero-order chi connectivity index (χ0) is 13.7. The van der Waals surface area contributed by atoms with Crippen molar-refractivity contribution < 1.29 is 9.18 Å². The summed E-state index contributed by atoms with van der Waals surface area (Å²) in [6.45, 7) is 3.63. The standard InChI is InChI=1S/C16H22FNO/c1-13-7-3-2-6-10-18(13)12-15(19)11-14-8-4-5-9-16(14)17/h4-5,8-9,13H,2-3,6-7,10-12H2,1H3. The van der Waals surface area contributed by atoms with E-state index < -0.39 is 0 Å². The Hall–Kier alpha value is -1.22. The highest BCUT2D eigenvalue weighted by Gasteiger charge is 2.19. The fourth-order valence-corrected chi connectivity index (χ4v) is 2.71. The Bertz CT molecular complexity index is 433. The summed E-state index contributed by atoms with van der Waals surface area (Å²) >= 11 is 0. The lowest BCUT2D eigenvalue weighted by Gasteiger charge is -2.26. The molecule has 0 spiro atoms. The molecule has 1 fully saturated rings. The van der Waals surface area contributed by atoms with Gasteiger partial charge in [-0.25, -0.2) is 4.39 Å². The molecule has 0 saturated carbocycles. The van der Waals surface area contributed by atoms with Gasteiger partial charge in [0.2, 0.25) is 0 Å². The number of halogens is 1. The van der Waals surface area contributed by atoms with Crippen LogP contribution in [-0.2, 0) is 11.2 Å². The number of hydrogen-bond donors (Lipinski definition) is 0. The Labute approximate surface area is 114 Å². The molecule has 1 aromatic rings. The van der Waals surface area contributed by atoms with Crippen LogP contribution in [0, 0.1) is 5.82 Å². The maximum absolute atomic E-state index is 13.5. The first-order valence-electron chi connectivity index (χ1n) is 7.16. The highest BCUT2D eigenvalue weighted by molar-refractivity contribution is 5.82. The van der Waals surface area contributed by atoms with E-state index in [1.165, 1.54) is 18.9 Å². The largest absolute Gasteiger partial charge is 0.298 e. The average molecular weight is 263 g/mol. The van der Waals surface area contributed by atoms with Crippen LogP contribution in [0.1, 0.15) is 38.2 Å². The van der Waals surface area contributed by atoms with E-state index in [2.05, 4.69) is 11.8 Å². The maximum atomic E-state index is 13.5. The van der Waals surface area contributed by atoms with Gasteiger partial charge in [0.1, 0.15) is 5.82 Å². The van der Waals surface area contributed by atoms with E-state index in [0.29, 0.717) is 18.2 Å². The molecule has 104 valence electrons. The zero-order valence-electron chi connectivity index (χ0n) is 11.6. The summed E-state index contributed by atoms with van der Waals surface area (Å²) in [4.78, 5) is 14.3. The van der Waals surface area contributed by atoms with Crippen molar-refractivity contribution in [2.75, 3.05) is 13.1 Å². The van der Waals surface area contributed by atoms with E-state index >= 15 is 0 Å². The molecule has 1 heterocycles. The molecule has 0 radical (unpaired) electrons. The maximum Gasteiger partial charge on any atom is 0.151 e. The molecule has 0 N–H and O–H groups in total. The number of benzene rings is 1. The van der Waals surface area contributed by atoms with Crippen LogP contribution in [-0.4, -0.2) is 29.8 Å². The Kier molecular flexibility index (Phi) is 5.08. The Balaban J connectivity index is 1.92. The first kappa shape index (κ1) is 14.2. The minimum Gasteiger partial charge on any atom is -0.298 e. The van der Waals surface area contributed by atoms with Gasteiger partial charge in [0.05, 0.1) is 6.54 Å². The van der Waals surface area contributed by atoms with Gasteiger partial charge in [-0.15, -0.1) is 0 Å². The van der Waals surface area contributed by atoms with Crippen molar-refractivity contribution in [2.45, 2.75) is 45.1 Å². The molecule has 2 rings (SSSR count). The van der Waals surface area contributed by atoms with E-state index in [0.717, 1.165) is 19.4 Å². The monoisotopic (exact) mass is 263 g/mol. The van der Waals surface area contributed by atoms with Gasteiger partial charge in [-0.1, -0.05) is 31.0 Å². The van der Waals surface area contributed by atoms with Gasteiger partial charge in [0.15, 0.2) is 5.78 Å². The van der Waals surface area contributed by atoms with Crippen molar-refractivity contribution in [2.24, 2.45) is 0 Å². The minimum atomic E-state index is -0.278. The fourth-order valence-electron chi connectivity index (χ4n) is 2.71. The van der Waals surface area contributed by atoms with E-state index in [1.807, 2.05) is 0 Å². The third-order valence-electron chi connectivity index (χ3n) is 3.92. The SMILES string of the molecule is CC1CCCCCN1CC(=O)Cc1ccccc1F. The Morgan fingerprint density at radius 3 is 2.89 bits per heavy atom. The number of carbonyl (C=O) groups excluding carboxylic acids is 1. The van der Waals surface area contributed by atoms with Crippen LogP contribution in [0.5, 0.6) is 0 Å². The van der Waals surface area contributed by atoms with Crippen molar-refractivity contribution >= 4 is 5.78 Å². The predicted octanol–water partition coefficient (Wildman–Crippen LogP) is 3.20. The molecule has 0 aromatic heterocycles. The lowest BCUT2D eigenvalue weighted by atomic mass is 10.1. The van der Waals surface area contributed by atoms with Crippen LogP contribution in [0.4, 0.5) is 4.39 Å². The van der Waals surface area contributed by atoms with Gasteiger partial charge in [-0.3, -0.25) is 9.69 Å². The summed E-state index contributed by atoms with van der Waals surface area (Å²) in [6, 6.07) is 7.00. The van der Waals surface area contributed by atoms with Gasteiger partial charge in [0.25, 0.3) is 0 Å². The van der Waals surface area contributed by atoms with E-state index in [-0.39, 0.29) is 18.0 Å². The molecule has 19 heavy (non-hydrogen) atoms. The predicted molar refractivity (Wildman–Crippen MR) is 74.6 cm³/mol. The normalized spacial score (nSPS) is 21.1. The van der Waals surface area contributed by atoms with Gasteiger partial charge in [-0.2, -0.15) is 0 Å². The molecule has 1 aliphatic heterocycles. The Morgan fingerprint density at radius 1 is 1.32 bits per heavy atom. The molecule has 3 heteroatoms. The molecule has 1 atom stereocenters. The molecule has 0 amide bonds. The van der Waals surface area contributed by atoms with Gasteiger partial charge in [-0.05, 0) is 37.9 Å². The van der Waals surface area contributed by atoms with Crippen molar-refractivity contribution in [3.05, 3.63) is 35.6 Å². The zero-order valence-corrected chi connectivity index (χ0v) is 11.6. The van der Waals surface area contributed by atoms with Crippen LogP contribution >= 0.6 is 0 Å². The molecule has 1 saturated heterocycles. The van der Waals surface area contributed by atoms with Crippen LogP contribution < -0.4 is 0 Å². The number of ketones is 1. The molecule has 1 unspecified atom stereocenters. The van der Waals surface area contributed by atoms with Crippen LogP contribution in [0.2, 0.25) is 0 Å². The van der Waals surface area contributed by atoms with Crippen molar-refractivity contribution in [1.29, 1.82) is 0 Å². The second-order valence-electron chi connectivity index (χ2n) is 5.48. The number of rotatable bonds is 4. The lowest BCUT2D eigenvalue weighted by molar-refractivity contribution is -0.120.